The Bertz CT molecular complexity index is 1310. The summed E-state index contributed by atoms with van der Waals surface area (Å²) in [7, 11) is -1.93. The lowest BCUT2D eigenvalue weighted by Gasteiger charge is -2.37. The first-order chi connectivity index (χ1) is 15.2. The highest BCUT2D eigenvalue weighted by Gasteiger charge is 2.44. The predicted molar refractivity (Wildman–Crippen MR) is 120 cm³/mol. The van der Waals surface area contributed by atoms with Gasteiger partial charge in [-0.3, -0.25) is 19.3 Å². The van der Waals surface area contributed by atoms with E-state index in [1.54, 1.807) is 34.8 Å². The van der Waals surface area contributed by atoms with Crippen molar-refractivity contribution in [1.82, 2.24) is 19.4 Å². The normalized spacial score (nSPS) is 20.9. The zero-order valence-electron chi connectivity index (χ0n) is 18.2. The van der Waals surface area contributed by atoms with E-state index in [2.05, 4.69) is 26.7 Å². The van der Waals surface area contributed by atoms with E-state index < -0.39 is 15.6 Å². The minimum absolute atomic E-state index is 0.0803. The molecular formula is C22H24N6O3S. The molecule has 166 valence electrons. The number of rotatable bonds is 5. The Morgan fingerprint density at radius 3 is 2.75 bits per heavy atom. The topological polar surface area (TPSA) is 99.9 Å². The van der Waals surface area contributed by atoms with Crippen molar-refractivity contribution in [3.8, 4) is 11.8 Å². The van der Waals surface area contributed by atoms with Crippen LogP contribution in [0.25, 0.3) is 0 Å². The average Bonchev–Trinajstić information content (AvgIpc) is 3.11. The molecule has 1 aromatic carbocycles. The summed E-state index contributed by atoms with van der Waals surface area (Å²) in [6.07, 6.45) is 5.15. The van der Waals surface area contributed by atoms with E-state index in [9.17, 15) is 13.2 Å². The number of amides is 1. The van der Waals surface area contributed by atoms with E-state index in [1.165, 1.54) is 6.07 Å². The average molecular weight is 453 g/mol. The molecule has 2 aliphatic heterocycles. The van der Waals surface area contributed by atoms with Crippen LogP contribution in [0.1, 0.15) is 42.6 Å². The van der Waals surface area contributed by atoms with Gasteiger partial charge in [-0.15, -0.1) is 5.92 Å². The van der Waals surface area contributed by atoms with Crippen LogP contribution in [-0.4, -0.2) is 53.1 Å². The zero-order chi connectivity index (χ0) is 22.7. The van der Waals surface area contributed by atoms with Gasteiger partial charge in [0.15, 0.2) is 0 Å². The van der Waals surface area contributed by atoms with Crippen LogP contribution in [0.4, 0.5) is 5.69 Å². The van der Waals surface area contributed by atoms with Gasteiger partial charge in [0, 0.05) is 24.3 Å². The van der Waals surface area contributed by atoms with Crippen LogP contribution in [0.3, 0.4) is 0 Å². The second-order valence-electron chi connectivity index (χ2n) is 8.68. The second kappa shape index (κ2) is 7.18. The van der Waals surface area contributed by atoms with Gasteiger partial charge < -0.3 is 0 Å². The number of hydrogen-bond donors (Lipinski definition) is 1. The number of fused-ring (bicyclic) bond motifs is 3. The Kier molecular flexibility index (Phi) is 4.65. The smallest absolute Gasteiger partial charge is 0.263 e. The summed E-state index contributed by atoms with van der Waals surface area (Å²) in [4.78, 5) is 21.7. The molecule has 1 aromatic heterocycles. The molecule has 0 spiro atoms. The van der Waals surface area contributed by atoms with Gasteiger partial charge in [-0.1, -0.05) is 5.92 Å². The summed E-state index contributed by atoms with van der Waals surface area (Å²) in [6, 6.07) is 4.48. The van der Waals surface area contributed by atoms with Crippen molar-refractivity contribution in [2.24, 2.45) is 12.0 Å². The maximum atomic E-state index is 13.6. The highest BCUT2D eigenvalue weighted by Crippen LogP contribution is 2.38. The lowest BCUT2D eigenvalue weighted by atomic mass is 10.1. The van der Waals surface area contributed by atoms with Crippen LogP contribution in [0.15, 0.2) is 40.5 Å². The molecule has 10 heteroatoms. The third-order valence-electron chi connectivity index (χ3n) is 5.98. The highest BCUT2D eigenvalue weighted by molar-refractivity contribution is 7.89. The minimum Gasteiger partial charge on any atom is -0.295 e. The van der Waals surface area contributed by atoms with Gasteiger partial charge in [-0.2, -0.15) is 5.10 Å². The molecule has 2 aromatic rings. The Hall–Kier alpha value is -3.16. The van der Waals surface area contributed by atoms with Crippen LogP contribution in [0.2, 0.25) is 0 Å². The number of carbonyl (C=O) groups is 1. The third kappa shape index (κ3) is 3.47. The van der Waals surface area contributed by atoms with E-state index in [0.717, 1.165) is 18.4 Å². The largest absolute Gasteiger partial charge is 0.295 e. The maximum Gasteiger partial charge on any atom is 0.263 e. The van der Waals surface area contributed by atoms with Crippen molar-refractivity contribution in [3.05, 3.63) is 41.7 Å². The van der Waals surface area contributed by atoms with Gasteiger partial charge in [0.25, 0.3) is 5.91 Å². The molecule has 1 atom stereocenters. The molecule has 32 heavy (non-hydrogen) atoms. The molecule has 5 rings (SSSR count). The first-order valence-corrected chi connectivity index (χ1v) is 11.9. The quantitative estimate of drug-likeness (QED) is 0.693. The van der Waals surface area contributed by atoms with Crippen LogP contribution in [-0.2, 0) is 23.6 Å². The first kappa shape index (κ1) is 20.7. The minimum atomic E-state index is -3.74. The van der Waals surface area contributed by atoms with Crippen molar-refractivity contribution in [3.63, 3.8) is 0 Å². The zero-order valence-corrected chi connectivity index (χ0v) is 19.0. The molecule has 3 aliphatic rings. The molecule has 0 saturated heterocycles. The van der Waals surface area contributed by atoms with E-state index in [0.29, 0.717) is 23.8 Å². The number of aromatic nitrogens is 2. The van der Waals surface area contributed by atoms with Crippen LogP contribution < -0.4 is 9.62 Å². The second-order valence-corrected chi connectivity index (χ2v) is 10.4. The summed E-state index contributed by atoms with van der Waals surface area (Å²) in [6.45, 7) is 4.36. The fourth-order valence-corrected chi connectivity index (χ4v) is 5.58. The van der Waals surface area contributed by atoms with Crippen LogP contribution in [0.5, 0.6) is 0 Å². The van der Waals surface area contributed by atoms with Gasteiger partial charge >= 0.3 is 0 Å². The van der Waals surface area contributed by atoms with Gasteiger partial charge in [0.2, 0.25) is 16.0 Å². The number of benzene rings is 1. The van der Waals surface area contributed by atoms with E-state index in [1.807, 2.05) is 25.1 Å². The molecular weight excluding hydrogens is 428 g/mol. The Morgan fingerprint density at radius 2 is 2.09 bits per heavy atom. The predicted octanol–water partition coefficient (Wildman–Crippen LogP) is 1.47. The summed E-state index contributed by atoms with van der Waals surface area (Å²) in [5.41, 5.74) is 1.39. The van der Waals surface area contributed by atoms with Gasteiger partial charge in [-0.05, 0) is 44.9 Å². The SMILES string of the molecule is CC#C[C@@H]1CN=C2N(Cc3cnn(C)c3)C(=O)c3cc(S(=O)(=O)NC4(C)CC4)ccc3N21. The molecule has 1 saturated carbocycles. The van der Waals surface area contributed by atoms with Crippen LogP contribution in [0, 0.1) is 11.8 Å². The number of guanidine groups is 1. The number of aliphatic imine (C=N–C) groups is 1. The Labute approximate surface area is 187 Å². The Morgan fingerprint density at radius 1 is 1.31 bits per heavy atom. The summed E-state index contributed by atoms with van der Waals surface area (Å²) < 4.78 is 30.3. The van der Waals surface area contributed by atoms with Crippen LogP contribution >= 0.6 is 0 Å². The fourth-order valence-electron chi connectivity index (χ4n) is 4.08. The van der Waals surface area contributed by atoms with E-state index in [-0.39, 0.29) is 23.4 Å². The molecule has 1 N–H and O–H groups in total. The number of hydrogen-bond acceptors (Lipinski definition) is 6. The van der Waals surface area contributed by atoms with Crippen molar-refractivity contribution < 1.29 is 13.2 Å². The number of nitrogens with zero attached hydrogens (tertiary/aromatic N) is 5. The molecule has 0 radical (unpaired) electrons. The van der Waals surface area contributed by atoms with E-state index in [4.69, 9.17) is 0 Å². The standard InChI is InChI=1S/C22H24N6O3S/c1-4-5-16-12-23-21-27(14-15-11-24-26(3)13-15)20(29)18-10-17(6-7-19(18)28(16)21)32(30,31)25-22(2)8-9-22/h6-7,10-11,13,16,25H,8-9,12,14H2,1-3H3/t16-/m1/s1. The molecule has 1 amide bonds. The number of anilines is 1. The lowest BCUT2D eigenvalue weighted by Crippen LogP contribution is -2.52. The van der Waals surface area contributed by atoms with Crippen molar-refractivity contribution in [2.45, 2.75) is 49.7 Å². The molecule has 0 unspecified atom stereocenters. The van der Waals surface area contributed by atoms with Gasteiger partial charge in [0.1, 0.15) is 6.04 Å². The van der Waals surface area contributed by atoms with Gasteiger partial charge in [-0.25, -0.2) is 18.1 Å². The third-order valence-corrected chi connectivity index (χ3v) is 7.61. The summed E-state index contributed by atoms with van der Waals surface area (Å²) >= 11 is 0. The van der Waals surface area contributed by atoms with E-state index >= 15 is 0 Å². The van der Waals surface area contributed by atoms with Crippen molar-refractivity contribution in [2.75, 3.05) is 11.4 Å². The fraction of sp³-hybridized carbons (Fsp3) is 0.409. The lowest BCUT2D eigenvalue weighted by molar-refractivity contribution is 0.0833. The Balaban J connectivity index is 1.58. The first-order valence-electron chi connectivity index (χ1n) is 10.4. The molecule has 1 fully saturated rings. The van der Waals surface area contributed by atoms with Gasteiger partial charge in [0.05, 0.1) is 35.4 Å². The monoisotopic (exact) mass is 452 g/mol. The summed E-state index contributed by atoms with van der Waals surface area (Å²) in [5, 5.41) is 4.18. The maximum absolute atomic E-state index is 13.6. The summed E-state index contributed by atoms with van der Waals surface area (Å²) in [5.74, 6) is 6.31. The molecule has 1 aliphatic carbocycles. The molecule has 0 bridgehead atoms. The number of sulfonamides is 1. The number of aryl methyl sites for hydroxylation is 1. The number of carbonyl (C=O) groups excluding carboxylic acids is 1. The molecule has 9 nitrogen and oxygen atoms in total. The highest BCUT2D eigenvalue weighted by atomic mass is 32.2. The number of nitrogens with one attached hydrogen (secondary N) is 1. The van der Waals surface area contributed by atoms with Crippen molar-refractivity contribution >= 4 is 27.6 Å². The van der Waals surface area contributed by atoms with Crippen molar-refractivity contribution in [1.29, 1.82) is 0 Å². The molecule has 3 heterocycles.